The predicted molar refractivity (Wildman–Crippen MR) is 67.9 cm³/mol. The maximum atomic E-state index is 10.2. The fourth-order valence-corrected chi connectivity index (χ4v) is 2.24. The Hall–Kier alpha value is -0.0400. The topological polar surface area (TPSA) is 20.2 Å². The van der Waals surface area contributed by atoms with E-state index in [1.165, 1.54) is 6.42 Å². The lowest BCUT2D eigenvalue weighted by atomic mass is 9.80. The van der Waals surface area contributed by atoms with E-state index in [0.29, 0.717) is 11.8 Å². The summed E-state index contributed by atoms with van der Waals surface area (Å²) in [5.74, 6) is 1.19. The summed E-state index contributed by atoms with van der Waals surface area (Å²) in [4.78, 5) is 0. The molecule has 0 aliphatic rings. The lowest BCUT2D eigenvalue weighted by molar-refractivity contribution is 0.0521. The Morgan fingerprint density at radius 2 is 1.67 bits per heavy atom. The first-order valence-electron chi connectivity index (χ1n) is 6.44. The highest BCUT2D eigenvalue weighted by Gasteiger charge is 2.24. The van der Waals surface area contributed by atoms with Crippen molar-refractivity contribution in [2.75, 3.05) is 0 Å². The SMILES string of the molecule is CCCC(CC(C)C)C(O)CC(C)(C)C. The predicted octanol–water partition coefficient (Wildman–Crippen LogP) is 4.25. The fourth-order valence-electron chi connectivity index (χ4n) is 2.24. The van der Waals surface area contributed by atoms with Crippen molar-refractivity contribution in [3.05, 3.63) is 0 Å². The van der Waals surface area contributed by atoms with Crippen LogP contribution in [0.25, 0.3) is 0 Å². The number of hydrogen-bond acceptors (Lipinski definition) is 1. The molecule has 0 aliphatic heterocycles. The molecule has 2 atom stereocenters. The second-order valence-corrected chi connectivity index (χ2v) is 6.51. The van der Waals surface area contributed by atoms with Gasteiger partial charge < -0.3 is 5.11 Å². The summed E-state index contributed by atoms with van der Waals surface area (Å²) in [5, 5.41) is 10.2. The van der Waals surface area contributed by atoms with E-state index in [9.17, 15) is 5.11 Å². The van der Waals surface area contributed by atoms with Crippen LogP contribution in [0.5, 0.6) is 0 Å². The van der Waals surface area contributed by atoms with E-state index in [0.717, 1.165) is 19.3 Å². The van der Waals surface area contributed by atoms with Crippen LogP contribution < -0.4 is 0 Å². The normalized spacial score (nSPS) is 16.8. The van der Waals surface area contributed by atoms with Crippen molar-refractivity contribution < 1.29 is 5.11 Å². The molecule has 0 spiro atoms. The smallest absolute Gasteiger partial charge is 0.0573 e. The molecule has 0 saturated carbocycles. The highest BCUT2D eigenvalue weighted by molar-refractivity contribution is 4.75. The van der Waals surface area contributed by atoms with Crippen molar-refractivity contribution in [3.8, 4) is 0 Å². The highest BCUT2D eigenvalue weighted by Crippen LogP contribution is 2.29. The molecule has 0 heterocycles. The van der Waals surface area contributed by atoms with Crippen LogP contribution in [0.15, 0.2) is 0 Å². The Morgan fingerprint density at radius 3 is 2.00 bits per heavy atom. The summed E-state index contributed by atoms with van der Waals surface area (Å²) in [5.41, 5.74) is 0.238. The molecule has 0 fully saturated rings. The zero-order valence-electron chi connectivity index (χ0n) is 11.5. The minimum absolute atomic E-state index is 0.118. The number of hydrogen-bond donors (Lipinski definition) is 1. The van der Waals surface area contributed by atoms with Gasteiger partial charge in [-0.25, -0.2) is 0 Å². The molecule has 15 heavy (non-hydrogen) atoms. The molecule has 0 rings (SSSR count). The lowest BCUT2D eigenvalue weighted by Gasteiger charge is -2.29. The van der Waals surface area contributed by atoms with Crippen LogP contribution in [0.3, 0.4) is 0 Å². The van der Waals surface area contributed by atoms with Gasteiger partial charge in [0.15, 0.2) is 0 Å². The van der Waals surface area contributed by atoms with Gasteiger partial charge in [0.25, 0.3) is 0 Å². The van der Waals surface area contributed by atoms with Crippen molar-refractivity contribution >= 4 is 0 Å². The Bertz CT molecular complexity index is 155. The van der Waals surface area contributed by atoms with E-state index < -0.39 is 0 Å². The van der Waals surface area contributed by atoms with Crippen molar-refractivity contribution in [2.24, 2.45) is 17.3 Å². The van der Waals surface area contributed by atoms with Gasteiger partial charge in [0.1, 0.15) is 0 Å². The van der Waals surface area contributed by atoms with Crippen LogP contribution in [-0.2, 0) is 0 Å². The second kappa shape index (κ2) is 6.52. The highest BCUT2D eigenvalue weighted by atomic mass is 16.3. The molecule has 92 valence electrons. The van der Waals surface area contributed by atoms with Crippen molar-refractivity contribution in [3.63, 3.8) is 0 Å². The molecule has 0 radical (unpaired) electrons. The maximum absolute atomic E-state index is 10.2. The molecule has 0 aromatic carbocycles. The molecular formula is C14H30O. The zero-order valence-corrected chi connectivity index (χ0v) is 11.5. The average Bonchev–Trinajstić information content (AvgIpc) is 1.99. The Balaban J connectivity index is 4.21. The van der Waals surface area contributed by atoms with Crippen molar-refractivity contribution in [1.29, 1.82) is 0 Å². The van der Waals surface area contributed by atoms with Gasteiger partial charge in [-0.3, -0.25) is 0 Å². The third kappa shape index (κ3) is 7.84. The first kappa shape index (κ1) is 15.0. The molecule has 0 bridgehead atoms. The first-order chi connectivity index (χ1) is 6.76. The van der Waals surface area contributed by atoms with Crippen molar-refractivity contribution in [2.45, 2.75) is 73.3 Å². The quantitative estimate of drug-likeness (QED) is 0.701. The van der Waals surface area contributed by atoms with Gasteiger partial charge in [-0.15, -0.1) is 0 Å². The summed E-state index contributed by atoms with van der Waals surface area (Å²) in [6.07, 6.45) is 4.30. The number of rotatable bonds is 6. The van der Waals surface area contributed by atoms with Crippen LogP contribution in [0.1, 0.15) is 67.2 Å². The minimum atomic E-state index is -0.118. The molecule has 0 saturated heterocycles. The van der Waals surface area contributed by atoms with E-state index in [-0.39, 0.29) is 11.5 Å². The molecule has 0 aromatic heterocycles. The van der Waals surface area contributed by atoms with Gasteiger partial charge in [-0.2, -0.15) is 0 Å². The van der Waals surface area contributed by atoms with E-state index in [2.05, 4.69) is 41.5 Å². The summed E-state index contributed by atoms with van der Waals surface area (Å²) >= 11 is 0. The fraction of sp³-hybridized carbons (Fsp3) is 1.00. The van der Waals surface area contributed by atoms with Gasteiger partial charge in [0, 0.05) is 0 Å². The van der Waals surface area contributed by atoms with E-state index in [1.54, 1.807) is 0 Å². The Morgan fingerprint density at radius 1 is 1.13 bits per heavy atom. The maximum Gasteiger partial charge on any atom is 0.0573 e. The van der Waals surface area contributed by atoms with Crippen LogP contribution in [-0.4, -0.2) is 11.2 Å². The lowest BCUT2D eigenvalue weighted by Crippen LogP contribution is -2.27. The molecule has 0 aliphatic carbocycles. The van der Waals surface area contributed by atoms with Crippen molar-refractivity contribution in [1.82, 2.24) is 0 Å². The molecule has 1 nitrogen and oxygen atoms in total. The largest absolute Gasteiger partial charge is 0.393 e. The number of aliphatic hydroxyl groups excluding tert-OH is 1. The number of aliphatic hydroxyl groups is 1. The summed E-state index contributed by atoms with van der Waals surface area (Å²) in [7, 11) is 0. The molecule has 2 unspecified atom stereocenters. The van der Waals surface area contributed by atoms with E-state index >= 15 is 0 Å². The molecule has 0 aromatic rings. The Kier molecular flexibility index (Phi) is 6.51. The van der Waals surface area contributed by atoms with E-state index in [1.807, 2.05) is 0 Å². The summed E-state index contributed by atoms with van der Waals surface area (Å²) in [6, 6.07) is 0. The molecular weight excluding hydrogens is 184 g/mol. The van der Waals surface area contributed by atoms with Crippen LogP contribution >= 0.6 is 0 Å². The molecule has 0 amide bonds. The van der Waals surface area contributed by atoms with Gasteiger partial charge >= 0.3 is 0 Å². The van der Waals surface area contributed by atoms with Crippen LogP contribution in [0.2, 0.25) is 0 Å². The minimum Gasteiger partial charge on any atom is -0.393 e. The van der Waals surface area contributed by atoms with Crippen LogP contribution in [0.4, 0.5) is 0 Å². The standard InChI is InChI=1S/C14H30O/c1-7-8-12(9-11(2)3)13(15)10-14(4,5)6/h11-13,15H,7-10H2,1-6H3. The third-order valence-electron chi connectivity index (χ3n) is 2.80. The average molecular weight is 214 g/mol. The molecule has 1 N–H and O–H groups in total. The van der Waals surface area contributed by atoms with Crippen LogP contribution in [0, 0.1) is 17.3 Å². The van der Waals surface area contributed by atoms with Gasteiger partial charge in [-0.1, -0.05) is 48.0 Å². The first-order valence-corrected chi connectivity index (χ1v) is 6.44. The monoisotopic (exact) mass is 214 g/mol. The van der Waals surface area contributed by atoms with Gasteiger partial charge in [-0.05, 0) is 36.5 Å². The third-order valence-corrected chi connectivity index (χ3v) is 2.80. The second-order valence-electron chi connectivity index (χ2n) is 6.51. The van der Waals surface area contributed by atoms with E-state index in [4.69, 9.17) is 0 Å². The van der Waals surface area contributed by atoms with Gasteiger partial charge in [0.2, 0.25) is 0 Å². The zero-order chi connectivity index (χ0) is 12.1. The summed E-state index contributed by atoms with van der Waals surface area (Å²) < 4.78 is 0. The molecule has 1 heteroatoms. The van der Waals surface area contributed by atoms with Gasteiger partial charge in [0.05, 0.1) is 6.10 Å². The Labute approximate surface area is 96.3 Å². The summed E-state index contributed by atoms with van der Waals surface area (Å²) in [6.45, 7) is 13.3.